The average molecular weight is 445 g/mol. The molecule has 0 saturated heterocycles. The largest absolute Gasteiger partial charge is 0.481 e. The maximum absolute atomic E-state index is 12.4. The van der Waals surface area contributed by atoms with Crippen LogP contribution in [0.15, 0.2) is 0 Å². The summed E-state index contributed by atoms with van der Waals surface area (Å²) in [6, 6.07) is -5.04. The average Bonchev–Trinajstić information content (AvgIpc) is 2.62. The van der Waals surface area contributed by atoms with Crippen molar-refractivity contribution in [2.45, 2.75) is 70.6 Å². The quantitative estimate of drug-likeness (QED) is 0.151. The molecule has 4 atom stereocenters. The number of hydrogen-bond donors (Lipinski definition) is 7. The molecule has 4 amide bonds. The molecular formula is C18H31N5O8. The molecule has 4 unspecified atom stereocenters. The van der Waals surface area contributed by atoms with Crippen LogP contribution >= 0.6 is 0 Å². The molecule has 0 radical (unpaired) electrons. The molecule has 0 fully saturated rings. The van der Waals surface area contributed by atoms with Crippen LogP contribution in [0, 0.1) is 5.92 Å². The van der Waals surface area contributed by atoms with Crippen LogP contribution in [0.3, 0.4) is 0 Å². The first-order chi connectivity index (χ1) is 14.2. The monoisotopic (exact) mass is 445 g/mol. The second kappa shape index (κ2) is 13.2. The third kappa shape index (κ3) is 11.5. The summed E-state index contributed by atoms with van der Waals surface area (Å²) in [5, 5.41) is 24.5. The number of hydrogen-bond acceptors (Lipinski definition) is 7. The topological polar surface area (TPSA) is 231 Å². The minimum absolute atomic E-state index is 0.150. The summed E-state index contributed by atoms with van der Waals surface area (Å²) < 4.78 is 0. The Morgan fingerprint density at radius 2 is 1.39 bits per heavy atom. The second-order valence-electron chi connectivity index (χ2n) is 7.53. The predicted molar refractivity (Wildman–Crippen MR) is 107 cm³/mol. The van der Waals surface area contributed by atoms with Crippen LogP contribution in [0.25, 0.3) is 0 Å². The number of carbonyl (C=O) groups is 6. The number of carbonyl (C=O) groups excluding carboxylic acids is 4. The molecule has 13 nitrogen and oxygen atoms in total. The number of carboxylic acids is 2. The van der Waals surface area contributed by atoms with Crippen LogP contribution < -0.4 is 27.4 Å². The van der Waals surface area contributed by atoms with Gasteiger partial charge in [0, 0.05) is 6.42 Å². The fourth-order valence-electron chi connectivity index (χ4n) is 2.51. The Balaban J connectivity index is 5.13. The molecule has 13 heteroatoms. The van der Waals surface area contributed by atoms with Gasteiger partial charge in [-0.05, 0) is 25.7 Å². The van der Waals surface area contributed by atoms with Gasteiger partial charge in [0.15, 0.2) is 0 Å². The van der Waals surface area contributed by atoms with E-state index >= 15 is 0 Å². The van der Waals surface area contributed by atoms with Gasteiger partial charge in [-0.15, -0.1) is 0 Å². The molecule has 176 valence electrons. The molecule has 0 aromatic heterocycles. The lowest BCUT2D eigenvalue weighted by molar-refractivity contribution is -0.143. The molecule has 0 aliphatic rings. The van der Waals surface area contributed by atoms with Gasteiger partial charge in [0.2, 0.25) is 23.6 Å². The highest BCUT2D eigenvalue weighted by Crippen LogP contribution is 2.04. The van der Waals surface area contributed by atoms with Crippen LogP contribution in [0.1, 0.15) is 46.5 Å². The summed E-state index contributed by atoms with van der Waals surface area (Å²) in [4.78, 5) is 70.0. The van der Waals surface area contributed by atoms with Crippen molar-refractivity contribution in [3.63, 3.8) is 0 Å². The van der Waals surface area contributed by atoms with Gasteiger partial charge in [-0.1, -0.05) is 13.8 Å². The van der Waals surface area contributed by atoms with E-state index in [0.717, 1.165) is 0 Å². The van der Waals surface area contributed by atoms with E-state index in [1.807, 2.05) is 13.8 Å². The number of amides is 4. The minimum atomic E-state index is -1.55. The Labute approximate surface area is 179 Å². The van der Waals surface area contributed by atoms with Crippen LogP contribution in [0.5, 0.6) is 0 Å². The predicted octanol–water partition coefficient (Wildman–Crippen LogP) is -2.34. The van der Waals surface area contributed by atoms with Gasteiger partial charge >= 0.3 is 11.9 Å². The van der Waals surface area contributed by atoms with Crippen LogP contribution in [-0.4, -0.2) is 69.9 Å². The highest BCUT2D eigenvalue weighted by Gasteiger charge is 2.30. The molecule has 0 aromatic rings. The Hall–Kier alpha value is -3.22. The zero-order valence-corrected chi connectivity index (χ0v) is 17.7. The Morgan fingerprint density at radius 3 is 1.84 bits per heavy atom. The lowest BCUT2D eigenvalue weighted by atomic mass is 10.0. The van der Waals surface area contributed by atoms with Gasteiger partial charge in [0.1, 0.15) is 18.1 Å². The molecule has 31 heavy (non-hydrogen) atoms. The first-order valence-corrected chi connectivity index (χ1v) is 9.64. The lowest BCUT2D eigenvalue weighted by Gasteiger charge is -2.23. The summed E-state index contributed by atoms with van der Waals surface area (Å²) in [5.41, 5.74) is 10.8. The van der Waals surface area contributed by atoms with Crippen LogP contribution in [-0.2, 0) is 28.8 Å². The normalized spacial score (nSPS) is 14.6. The van der Waals surface area contributed by atoms with E-state index in [4.69, 9.17) is 21.7 Å². The summed E-state index contributed by atoms with van der Waals surface area (Å²) in [6.07, 6.45) is -1.19. The van der Waals surface area contributed by atoms with Gasteiger partial charge in [-0.3, -0.25) is 24.0 Å². The van der Waals surface area contributed by atoms with Crippen molar-refractivity contribution in [1.29, 1.82) is 0 Å². The molecule has 9 N–H and O–H groups in total. The molecule has 0 aromatic carbocycles. The molecule has 0 spiro atoms. The van der Waals surface area contributed by atoms with Crippen molar-refractivity contribution in [2.75, 3.05) is 0 Å². The summed E-state index contributed by atoms with van der Waals surface area (Å²) in [7, 11) is 0. The minimum Gasteiger partial charge on any atom is -0.481 e. The van der Waals surface area contributed by atoms with Crippen LogP contribution in [0.2, 0.25) is 0 Å². The summed E-state index contributed by atoms with van der Waals surface area (Å²) in [6.45, 7) is 5.08. The molecule has 0 saturated carbocycles. The van der Waals surface area contributed by atoms with E-state index in [1.165, 1.54) is 6.92 Å². The molecular weight excluding hydrogens is 414 g/mol. The smallest absolute Gasteiger partial charge is 0.326 e. The van der Waals surface area contributed by atoms with E-state index in [2.05, 4.69) is 16.0 Å². The number of aliphatic carboxylic acids is 2. The maximum Gasteiger partial charge on any atom is 0.326 e. The Morgan fingerprint density at radius 1 is 0.839 bits per heavy atom. The van der Waals surface area contributed by atoms with Gasteiger partial charge in [-0.2, -0.15) is 0 Å². The zero-order chi connectivity index (χ0) is 24.3. The van der Waals surface area contributed by atoms with Gasteiger partial charge in [-0.25, -0.2) is 4.79 Å². The first-order valence-electron chi connectivity index (χ1n) is 9.64. The highest BCUT2D eigenvalue weighted by molar-refractivity contribution is 5.96. The van der Waals surface area contributed by atoms with Gasteiger partial charge < -0.3 is 37.6 Å². The fraction of sp³-hybridized carbons (Fsp3) is 0.667. The third-order valence-corrected chi connectivity index (χ3v) is 4.11. The number of carboxylic acid groups (broad SMARTS) is 2. The Bertz CT molecular complexity index is 696. The Kier molecular flexibility index (Phi) is 11.8. The standard InChI is InChI=1S/C18H31N5O8/c1-8(2)6-10(19)16(28)21-9(3)15(27)23-12(7-13(20)24)17(29)22-11(18(30)31)4-5-14(25)26/h8-12H,4-7,19H2,1-3H3,(H2,20,24)(H,21,28)(H,22,29)(H,23,27)(H,25,26)(H,30,31). The zero-order valence-electron chi connectivity index (χ0n) is 17.7. The van der Waals surface area contributed by atoms with E-state index in [9.17, 15) is 28.8 Å². The summed E-state index contributed by atoms with van der Waals surface area (Å²) in [5.74, 6) is -6.00. The van der Waals surface area contributed by atoms with Crippen molar-refractivity contribution in [1.82, 2.24) is 16.0 Å². The lowest BCUT2D eigenvalue weighted by Crippen LogP contribution is -2.57. The van der Waals surface area contributed by atoms with Gasteiger partial charge in [0.25, 0.3) is 0 Å². The molecule has 0 heterocycles. The van der Waals surface area contributed by atoms with Gasteiger partial charge in [0.05, 0.1) is 12.5 Å². The fourth-order valence-corrected chi connectivity index (χ4v) is 2.51. The van der Waals surface area contributed by atoms with E-state index < -0.39 is 79.0 Å². The van der Waals surface area contributed by atoms with Crippen molar-refractivity contribution < 1.29 is 39.0 Å². The van der Waals surface area contributed by atoms with E-state index in [1.54, 1.807) is 0 Å². The van der Waals surface area contributed by atoms with E-state index in [-0.39, 0.29) is 5.92 Å². The number of nitrogens with one attached hydrogen (secondary N) is 3. The number of primary amides is 1. The van der Waals surface area contributed by atoms with E-state index in [0.29, 0.717) is 6.42 Å². The SMILES string of the molecule is CC(C)CC(N)C(=O)NC(C)C(=O)NC(CC(N)=O)C(=O)NC(CCC(=O)O)C(=O)O. The molecule has 0 rings (SSSR count). The maximum atomic E-state index is 12.4. The number of rotatable bonds is 14. The molecule has 0 aliphatic heterocycles. The van der Waals surface area contributed by atoms with Crippen molar-refractivity contribution in [3.05, 3.63) is 0 Å². The third-order valence-electron chi connectivity index (χ3n) is 4.11. The molecule has 0 aliphatic carbocycles. The van der Waals surface area contributed by atoms with Crippen LogP contribution in [0.4, 0.5) is 0 Å². The summed E-state index contributed by atoms with van der Waals surface area (Å²) >= 11 is 0. The highest BCUT2D eigenvalue weighted by atomic mass is 16.4. The van der Waals surface area contributed by atoms with Crippen molar-refractivity contribution in [2.24, 2.45) is 17.4 Å². The molecule has 0 bridgehead atoms. The number of nitrogens with two attached hydrogens (primary N) is 2. The second-order valence-corrected chi connectivity index (χ2v) is 7.53. The van der Waals surface area contributed by atoms with Crippen molar-refractivity contribution >= 4 is 35.6 Å². The first kappa shape index (κ1) is 27.8. The van der Waals surface area contributed by atoms with Crippen molar-refractivity contribution in [3.8, 4) is 0 Å².